The van der Waals surface area contributed by atoms with Gasteiger partial charge in [0, 0.05) is 51.1 Å². The standard InChI is InChI=1S/C17H19FN4O3S/c1-20-13-14(12-19-20)2-7-17(23)21-8-10-22(11-9-21)26(24,25)16-5-3-15(18)4-6-16/h2-7,12-13H,8-11H2,1H3/b7-2+. The molecule has 0 unspecified atom stereocenters. The molecule has 1 saturated heterocycles. The van der Waals surface area contributed by atoms with Gasteiger partial charge in [0.15, 0.2) is 0 Å². The maximum Gasteiger partial charge on any atom is 0.246 e. The summed E-state index contributed by atoms with van der Waals surface area (Å²) in [5.74, 6) is -0.660. The maximum atomic E-state index is 13.0. The fourth-order valence-electron chi connectivity index (χ4n) is 2.70. The molecule has 0 radical (unpaired) electrons. The highest BCUT2D eigenvalue weighted by molar-refractivity contribution is 7.89. The van der Waals surface area contributed by atoms with Gasteiger partial charge in [0.2, 0.25) is 15.9 Å². The van der Waals surface area contributed by atoms with Gasteiger partial charge in [-0.25, -0.2) is 12.8 Å². The first kappa shape index (κ1) is 18.3. The summed E-state index contributed by atoms with van der Waals surface area (Å²) in [6, 6.07) is 4.74. The highest BCUT2D eigenvalue weighted by atomic mass is 32.2. The molecule has 0 bridgehead atoms. The molecule has 7 nitrogen and oxygen atoms in total. The number of carbonyl (C=O) groups is 1. The predicted molar refractivity (Wildman–Crippen MR) is 94.0 cm³/mol. The zero-order chi connectivity index (χ0) is 18.7. The molecule has 1 aliphatic rings. The summed E-state index contributed by atoms with van der Waals surface area (Å²) in [5, 5.41) is 4.02. The van der Waals surface area contributed by atoms with Crippen molar-refractivity contribution in [2.24, 2.45) is 7.05 Å². The van der Waals surface area contributed by atoms with Crippen LogP contribution in [0.4, 0.5) is 4.39 Å². The Morgan fingerprint density at radius 1 is 1.15 bits per heavy atom. The second-order valence-corrected chi connectivity index (χ2v) is 7.90. The van der Waals surface area contributed by atoms with Crippen LogP contribution in [0.15, 0.2) is 47.6 Å². The van der Waals surface area contributed by atoms with Gasteiger partial charge in [-0.15, -0.1) is 0 Å². The van der Waals surface area contributed by atoms with E-state index in [1.807, 2.05) is 0 Å². The van der Waals surface area contributed by atoms with E-state index in [-0.39, 0.29) is 23.9 Å². The topological polar surface area (TPSA) is 75.5 Å². The van der Waals surface area contributed by atoms with Crippen molar-refractivity contribution >= 4 is 22.0 Å². The van der Waals surface area contributed by atoms with Crippen LogP contribution in [0, 0.1) is 5.82 Å². The van der Waals surface area contributed by atoms with Crippen molar-refractivity contribution in [3.05, 3.63) is 54.1 Å². The van der Waals surface area contributed by atoms with Gasteiger partial charge in [0.1, 0.15) is 5.82 Å². The number of carbonyl (C=O) groups excluding carboxylic acids is 1. The van der Waals surface area contributed by atoms with E-state index in [2.05, 4.69) is 5.10 Å². The van der Waals surface area contributed by atoms with Crippen LogP contribution in [0.2, 0.25) is 0 Å². The molecule has 138 valence electrons. The van der Waals surface area contributed by atoms with Gasteiger partial charge < -0.3 is 4.90 Å². The first-order valence-electron chi connectivity index (χ1n) is 8.07. The summed E-state index contributed by atoms with van der Waals surface area (Å²) in [4.78, 5) is 13.9. The molecule has 3 rings (SSSR count). The van der Waals surface area contributed by atoms with Crippen LogP contribution >= 0.6 is 0 Å². The van der Waals surface area contributed by atoms with Gasteiger partial charge in [-0.3, -0.25) is 9.48 Å². The SMILES string of the molecule is Cn1cc(/C=C/C(=O)N2CCN(S(=O)(=O)c3ccc(F)cc3)CC2)cn1. The van der Waals surface area contributed by atoms with Gasteiger partial charge in [-0.1, -0.05) is 0 Å². The first-order valence-corrected chi connectivity index (χ1v) is 9.51. The quantitative estimate of drug-likeness (QED) is 0.747. The number of aromatic nitrogens is 2. The number of hydrogen-bond acceptors (Lipinski definition) is 4. The summed E-state index contributed by atoms with van der Waals surface area (Å²) in [5.41, 5.74) is 0.818. The van der Waals surface area contributed by atoms with Crippen molar-refractivity contribution in [3.8, 4) is 0 Å². The molecule has 2 aromatic rings. The number of hydrogen-bond donors (Lipinski definition) is 0. The van der Waals surface area contributed by atoms with Crippen molar-refractivity contribution in [2.75, 3.05) is 26.2 Å². The molecule has 1 aromatic heterocycles. The van der Waals surface area contributed by atoms with E-state index in [4.69, 9.17) is 0 Å². The van der Waals surface area contributed by atoms with Crippen LogP contribution in [-0.4, -0.2) is 59.5 Å². The Labute approximate surface area is 151 Å². The Morgan fingerprint density at radius 2 is 1.81 bits per heavy atom. The Bertz CT molecular complexity index is 914. The van der Waals surface area contributed by atoms with Gasteiger partial charge in [0.25, 0.3) is 0 Å². The van der Waals surface area contributed by atoms with E-state index in [1.165, 1.54) is 22.5 Å². The molecule has 1 aromatic carbocycles. The zero-order valence-electron chi connectivity index (χ0n) is 14.2. The monoisotopic (exact) mass is 378 g/mol. The fourth-order valence-corrected chi connectivity index (χ4v) is 4.13. The molecule has 1 amide bonds. The lowest BCUT2D eigenvalue weighted by Crippen LogP contribution is -2.50. The highest BCUT2D eigenvalue weighted by Crippen LogP contribution is 2.18. The number of nitrogens with zero attached hydrogens (tertiary/aromatic N) is 4. The van der Waals surface area contributed by atoms with Gasteiger partial charge in [0.05, 0.1) is 11.1 Å². The van der Waals surface area contributed by atoms with Crippen LogP contribution in [0.1, 0.15) is 5.56 Å². The highest BCUT2D eigenvalue weighted by Gasteiger charge is 2.29. The molecule has 0 atom stereocenters. The second-order valence-electron chi connectivity index (χ2n) is 5.96. The fraction of sp³-hybridized carbons (Fsp3) is 0.294. The molecule has 0 spiro atoms. The number of piperazine rings is 1. The molecule has 1 aliphatic heterocycles. The van der Waals surface area contributed by atoms with Crippen molar-refractivity contribution in [3.63, 3.8) is 0 Å². The summed E-state index contributed by atoms with van der Waals surface area (Å²) < 4.78 is 41.1. The van der Waals surface area contributed by atoms with E-state index < -0.39 is 15.8 Å². The number of aryl methyl sites for hydroxylation is 1. The molecular formula is C17H19FN4O3S. The third kappa shape index (κ3) is 4.00. The van der Waals surface area contributed by atoms with Crippen LogP contribution < -0.4 is 0 Å². The molecule has 26 heavy (non-hydrogen) atoms. The summed E-state index contributed by atoms with van der Waals surface area (Å²) >= 11 is 0. The third-order valence-corrected chi connectivity index (χ3v) is 6.06. The molecule has 0 aliphatic carbocycles. The van der Waals surface area contributed by atoms with Crippen LogP contribution in [-0.2, 0) is 21.9 Å². The average Bonchev–Trinajstić information content (AvgIpc) is 3.05. The Kier molecular flexibility index (Phi) is 5.19. The smallest absolute Gasteiger partial charge is 0.246 e. The van der Waals surface area contributed by atoms with Crippen LogP contribution in [0.25, 0.3) is 6.08 Å². The van der Waals surface area contributed by atoms with E-state index in [0.29, 0.717) is 13.1 Å². The largest absolute Gasteiger partial charge is 0.337 e. The molecular weight excluding hydrogens is 359 g/mol. The van der Waals surface area contributed by atoms with Crippen molar-refractivity contribution in [1.82, 2.24) is 19.0 Å². The van der Waals surface area contributed by atoms with E-state index in [9.17, 15) is 17.6 Å². The first-order chi connectivity index (χ1) is 12.4. The zero-order valence-corrected chi connectivity index (χ0v) is 15.1. The Morgan fingerprint density at radius 3 is 2.38 bits per heavy atom. The van der Waals surface area contributed by atoms with Crippen LogP contribution in [0.3, 0.4) is 0 Å². The predicted octanol–water partition coefficient (Wildman–Crippen LogP) is 1.11. The van der Waals surface area contributed by atoms with Gasteiger partial charge >= 0.3 is 0 Å². The number of amides is 1. The number of rotatable bonds is 4. The third-order valence-electron chi connectivity index (χ3n) is 4.14. The summed E-state index contributed by atoms with van der Waals surface area (Å²) in [6.45, 7) is 1.01. The normalized spacial score (nSPS) is 16.3. The number of sulfonamides is 1. The van der Waals surface area contributed by atoms with E-state index in [0.717, 1.165) is 17.7 Å². The van der Waals surface area contributed by atoms with Crippen LogP contribution in [0.5, 0.6) is 0 Å². The Hall–Kier alpha value is -2.52. The minimum absolute atomic E-state index is 0.0511. The molecule has 2 heterocycles. The maximum absolute atomic E-state index is 13.0. The average molecular weight is 378 g/mol. The summed E-state index contributed by atoms with van der Waals surface area (Å²) in [7, 11) is -1.89. The van der Waals surface area contributed by atoms with Gasteiger partial charge in [-0.2, -0.15) is 9.40 Å². The number of benzene rings is 1. The summed E-state index contributed by atoms with van der Waals surface area (Å²) in [6.07, 6.45) is 6.58. The lowest BCUT2D eigenvalue weighted by atomic mass is 10.3. The molecule has 9 heteroatoms. The molecule has 0 saturated carbocycles. The van der Waals surface area contributed by atoms with Crippen molar-refractivity contribution in [2.45, 2.75) is 4.90 Å². The Balaban J connectivity index is 1.60. The lowest BCUT2D eigenvalue weighted by molar-refractivity contribution is -0.127. The molecule has 0 N–H and O–H groups in total. The lowest BCUT2D eigenvalue weighted by Gasteiger charge is -2.33. The molecule has 1 fully saturated rings. The minimum atomic E-state index is -3.68. The van der Waals surface area contributed by atoms with E-state index >= 15 is 0 Å². The van der Waals surface area contributed by atoms with Gasteiger partial charge in [-0.05, 0) is 30.3 Å². The second kappa shape index (κ2) is 7.38. The van der Waals surface area contributed by atoms with Crippen molar-refractivity contribution < 1.29 is 17.6 Å². The van der Waals surface area contributed by atoms with Crippen molar-refractivity contribution in [1.29, 1.82) is 0 Å². The minimum Gasteiger partial charge on any atom is -0.337 e. The van der Waals surface area contributed by atoms with E-state index in [1.54, 1.807) is 35.1 Å². The number of halogens is 1.